The maximum Gasteiger partial charge on any atom is 0.335 e. The fraction of sp³-hybridized carbons (Fsp3) is 0.0500. The molecule has 0 unspecified atom stereocenters. The Hall–Kier alpha value is -3.76. The number of halogens is 1. The predicted octanol–water partition coefficient (Wildman–Crippen LogP) is 3.16. The molecule has 0 fully saturated rings. The van der Waals surface area contributed by atoms with Gasteiger partial charge in [0.15, 0.2) is 0 Å². The first-order chi connectivity index (χ1) is 15.0. The topological polar surface area (TPSA) is 122 Å². The van der Waals surface area contributed by atoms with Crippen LogP contribution in [0.2, 0.25) is 5.02 Å². The fourth-order valence-corrected chi connectivity index (χ4v) is 3.54. The van der Waals surface area contributed by atoms with Crippen LogP contribution in [0.3, 0.4) is 0 Å². The molecule has 0 spiro atoms. The lowest BCUT2D eigenvalue weighted by Crippen LogP contribution is -2.31. The number of aliphatic imine (C=N–C) groups is 1. The minimum Gasteiger partial charge on any atom is -0.497 e. The van der Waals surface area contributed by atoms with Gasteiger partial charge in [-0.1, -0.05) is 22.9 Å². The molecule has 0 bridgehead atoms. The van der Waals surface area contributed by atoms with Crippen molar-refractivity contribution in [3.63, 3.8) is 0 Å². The van der Waals surface area contributed by atoms with Crippen molar-refractivity contribution < 1.29 is 9.84 Å². The zero-order valence-corrected chi connectivity index (χ0v) is 17.5. The Kier molecular flexibility index (Phi) is 5.65. The van der Waals surface area contributed by atoms with Crippen molar-refractivity contribution >= 4 is 34.3 Å². The number of ether oxygens (including phenoxy) is 1. The minimum atomic E-state index is -0.792. The molecule has 0 atom stereocenters. The van der Waals surface area contributed by atoms with Gasteiger partial charge < -0.3 is 9.84 Å². The second-order valence-corrected chi connectivity index (χ2v) is 7.58. The first kappa shape index (κ1) is 20.5. The molecule has 0 radical (unpaired) electrons. The molecule has 0 aliphatic heterocycles. The van der Waals surface area contributed by atoms with Gasteiger partial charge in [-0.15, -0.1) is 10.2 Å². The van der Waals surface area contributed by atoms with Gasteiger partial charge in [-0.3, -0.25) is 9.78 Å². The fourth-order valence-electron chi connectivity index (χ4n) is 2.72. The molecule has 156 valence electrons. The Morgan fingerprint density at radius 3 is 2.52 bits per heavy atom. The van der Waals surface area contributed by atoms with Gasteiger partial charge >= 0.3 is 5.69 Å². The molecular formula is C20H14ClN5O4S. The quantitative estimate of drug-likeness (QED) is 0.446. The van der Waals surface area contributed by atoms with Gasteiger partial charge in [0.25, 0.3) is 5.56 Å². The van der Waals surface area contributed by atoms with Gasteiger partial charge in [0.05, 0.1) is 12.8 Å². The molecule has 9 nitrogen and oxygen atoms in total. The molecule has 2 heterocycles. The molecule has 4 aromatic rings. The second-order valence-electron chi connectivity index (χ2n) is 6.18. The number of hydrogen-bond acceptors (Lipinski definition) is 8. The van der Waals surface area contributed by atoms with E-state index in [1.54, 1.807) is 31.4 Å². The average Bonchev–Trinajstić information content (AvgIpc) is 3.24. The number of aromatic amines is 1. The molecule has 2 aromatic carbocycles. The van der Waals surface area contributed by atoms with Gasteiger partial charge in [0.1, 0.15) is 16.3 Å². The maximum absolute atomic E-state index is 12.2. The van der Waals surface area contributed by atoms with Crippen LogP contribution in [-0.4, -0.2) is 38.2 Å². The van der Waals surface area contributed by atoms with Gasteiger partial charge in [-0.25, -0.2) is 14.4 Å². The lowest BCUT2D eigenvalue weighted by molar-refractivity contribution is 0.415. The number of rotatable bonds is 5. The van der Waals surface area contributed by atoms with Crippen LogP contribution in [0.4, 0.5) is 5.13 Å². The van der Waals surface area contributed by atoms with E-state index < -0.39 is 17.1 Å². The van der Waals surface area contributed by atoms with Crippen molar-refractivity contribution in [1.82, 2.24) is 19.7 Å². The van der Waals surface area contributed by atoms with Gasteiger partial charge in [-0.05, 0) is 48.5 Å². The van der Waals surface area contributed by atoms with Crippen LogP contribution in [0.5, 0.6) is 11.6 Å². The number of aromatic nitrogens is 4. The molecule has 0 aliphatic carbocycles. The lowest BCUT2D eigenvalue weighted by atomic mass is 10.2. The summed E-state index contributed by atoms with van der Waals surface area (Å²) in [7, 11) is 1.58. The maximum atomic E-state index is 12.2. The van der Waals surface area contributed by atoms with Crippen LogP contribution in [0, 0.1) is 0 Å². The van der Waals surface area contributed by atoms with Crippen molar-refractivity contribution in [2.24, 2.45) is 4.99 Å². The van der Waals surface area contributed by atoms with E-state index in [1.165, 1.54) is 23.5 Å². The van der Waals surface area contributed by atoms with Gasteiger partial charge in [0, 0.05) is 16.8 Å². The molecular weight excluding hydrogens is 442 g/mol. The number of hydrogen-bond donors (Lipinski definition) is 2. The normalized spacial score (nSPS) is 11.2. The van der Waals surface area contributed by atoms with Crippen LogP contribution in [-0.2, 0) is 0 Å². The summed E-state index contributed by atoms with van der Waals surface area (Å²) in [6, 6.07) is 13.5. The van der Waals surface area contributed by atoms with Crippen molar-refractivity contribution in [3.05, 3.63) is 80.0 Å². The molecule has 0 amide bonds. The first-order valence-corrected chi connectivity index (χ1v) is 10.0. The van der Waals surface area contributed by atoms with E-state index in [2.05, 4.69) is 20.2 Å². The molecule has 0 saturated carbocycles. The van der Waals surface area contributed by atoms with E-state index in [4.69, 9.17) is 16.3 Å². The molecule has 2 N–H and O–H groups in total. The Balaban J connectivity index is 1.67. The zero-order valence-electron chi connectivity index (χ0n) is 15.9. The highest BCUT2D eigenvalue weighted by Gasteiger charge is 2.15. The van der Waals surface area contributed by atoms with E-state index in [1.807, 2.05) is 12.1 Å². The first-order valence-electron chi connectivity index (χ1n) is 8.82. The van der Waals surface area contributed by atoms with E-state index >= 15 is 0 Å². The van der Waals surface area contributed by atoms with Gasteiger partial charge in [0.2, 0.25) is 11.0 Å². The van der Waals surface area contributed by atoms with Crippen LogP contribution in [0.15, 0.2) is 63.1 Å². The zero-order chi connectivity index (χ0) is 22.0. The van der Waals surface area contributed by atoms with E-state index in [-0.39, 0.29) is 10.7 Å². The monoisotopic (exact) mass is 455 g/mol. The smallest absolute Gasteiger partial charge is 0.335 e. The van der Waals surface area contributed by atoms with Crippen LogP contribution in [0.25, 0.3) is 16.3 Å². The van der Waals surface area contributed by atoms with E-state index in [0.29, 0.717) is 15.7 Å². The third-order valence-corrected chi connectivity index (χ3v) is 5.39. The Labute approximate surface area is 183 Å². The van der Waals surface area contributed by atoms with Crippen LogP contribution in [0.1, 0.15) is 5.56 Å². The Morgan fingerprint density at radius 2 is 1.84 bits per heavy atom. The summed E-state index contributed by atoms with van der Waals surface area (Å²) in [6.45, 7) is 0. The summed E-state index contributed by atoms with van der Waals surface area (Å²) in [5, 5.41) is 20.0. The van der Waals surface area contributed by atoms with Crippen molar-refractivity contribution in [2.45, 2.75) is 0 Å². The number of aromatic hydroxyl groups is 1. The molecule has 11 heteroatoms. The predicted molar refractivity (Wildman–Crippen MR) is 118 cm³/mol. The summed E-state index contributed by atoms with van der Waals surface area (Å²) in [6.07, 6.45) is 1.14. The molecule has 31 heavy (non-hydrogen) atoms. The highest BCUT2D eigenvalue weighted by Crippen LogP contribution is 2.29. The van der Waals surface area contributed by atoms with Crippen molar-refractivity contribution in [3.8, 4) is 27.9 Å². The summed E-state index contributed by atoms with van der Waals surface area (Å²) < 4.78 is 6.08. The highest BCUT2D eigenvalue weighted by molar-refractivity contribution is 7.18. The molecule has 4 rings (SSSR count). The summed E-state index contributed by atoms with van der Waals surface area (Å²) >= 11 is 7.07. The Bertz CT molecular complexity index is 1370. The molecule has 2 aromatic heterocycles. The largest absolute Gasteiger partial charge is 0.497 e. The van der Waals surface area contributed by atoms with Crippen molar-refractivity contribution in [2.75, 3.05) is 7.11 Å². The standard InChI is InChI=1S/C20H14ClN5O4S/c1-30-14-8-2-11(3-9-14)17-24-25-19(31-17)22-10-15-16(27)23-20(29)26(18(15)28)13-6-4-12(21)5-7-13/h2-10,28H,1H3,(H,23,27,29)/b22-10+. The number of H-pyrrole nitrogens is 1. The van der Waals surface area contributed by atoms with Crippen LogP contribution >= 0.6 is 22.9 Å². The number of methoxy groups -OCH3 is 1. The third kappa shape index (κ3) is 4.25. The summed E-state index contributed by atoms with van der Waals surface area (Å²) in [5.41, 5.74) is -0.612. The second kappa shape index (κ2) is 8.54. The molecule has 0 saturated heterocycles. The summed E-state index contributed by atoms with van der Waals surface area (Å²) in [4.78, 5) is 30.7. The summed E-state index contributed by atoms with van der Waals surface area (Å²) in [5.74, 6) is 0.164. The third-order valence-electron chi connectivity index (χ3n) is 4.26. The highest BCUT2D eigenvalue weighted by atomic mass is 35.5. The molecule has 0 aliphatic rings. The lowest BCUT2D eigenvalue weighted by Gasteiger charge is -2.09. The SMILES string of the molecule is COc1ccc(-c2nnc(/N=C/c3c(O)n(-c4ccc(Cl)cc4)c(=O)[nH]c3=O)s2)cc1. The van der Waals surface area contributed by atoms with E-state index in [9.17, 15) is 14.7 Å². The number of nitrogens with one attached hydrogen (secondary N) is 1. The average molecular weight is 456 g/mol. The minimum absolute atomic E-state index is 0.198. The number of nitrogens with zero attached hydrogens (tertiary/aromatic N) is 4. The Morgan fingerprint density at radius 1 is 1.13 bits per heavy atom. The van der Waals surface area contributed by atoms with E-state index in [0.717, 1.165) is 22.1 Å². The van der Waals surface area contributed by atoms with Crippen LogP contribution < -0.4 is 16.0 Å². The van der Waals surface area contributed by atoms with Crippen molar-refractivity contribution in [1.29, 1.82) is 0 Å². The van der Waals surface area contributed by atoms with Gasteiger partial charge in [-0.2, -0.15) is 0 Å². The number of benzene rings is 2.